The molecule has 1 aromatic heterocycles. The van der Waals surface area contributed by atoms with E-state index >= 15 is 0 Å². The lowest BCUT2D eigenvalue weighted by molar-refractivity contribution is 0.227. The fraction of sp³-hybridized carbons (Fsp3) is 0.800. The van der Waals surface area contributed by atoms with Gasteiger partial charge >= 0.3 is 0 Å². The lowest BCUT2D eigenvalue weighted by Gasteiger charge is -2.26. The van der Waals surface area contributed by atoms with Crippen LogP contribution in [0.25, 0.3) is 0 Å². The minimum absolute atomic E-state index is 0.145. The van der Waals surface area contributed by atoms with Gasteiger partial charge in [-0.2, -0.15) is 4.98 Å². The normalized spacial score (nSPS) is 21.8. The second-order valence-corrected chi connectivity index (χ2v) is 4.36. The number of hydrogen-bond donors (Lipinski definition) is 1. The predicted molar refractivity (Wildman–Crippen MR) is 56.4 cm³/mol. The van der Waals surface area contributed by atoms with Gasteiger partial charge < -0.3 is 15.2 Å². The first kappa shape index (κ1) is 10.6. The smallest absolute Gasteiger partial charge is 0.229 e. The van der Waals surface area contributed by atoms with E-state index in [1.807, 2.05) is 6.92 Å². The van der Waals surface area contributed by atoms with E-state index in [-0.39, 0.29) is 6.04 Å². The molecule has 5 nitrogen and oxygen atoms in total. The van der Waals surface area contributed by atoms with E-state index < -0.39 is 0 Å². The van der Waals surface area contributed by atoms with Crippen molar-refractivity contribution in [3.8, 4) is 0 Å². The van der Waals surface area contributed by atoms with E-state index in [4.69, 9.17) is 10.3 Å². The molecule has 0 aromatic carbocycles. The quantitative estimate of drug-likeness (QED) is 0.785. The molecule has 0 spiro atoms. The van der Waals surface area contributed by atoms with E-state index in [9.17, 15) is 0 Å². The van der Waals surface area contributed by atoms with Gasteiger partial charge in [0.2, 0.25) is 5.89 Å². The molecule has 1 aliphatic heterocycles. The van der Waals surface area contributed by atoms with Crippen molar-refractivity contribution in [3.05, 3.63) is 11.7 Å². The Balaban J connectivity index is 2.03. The summed E-state index contributed by atoms with van der Waals surface area (Å²) in [7, 11) is 2.14. The zero-order chi connectivity index (χ0) is 10.8. The van der Waals surface area contributed by atoms with Gasteiger partial charge in [-0.3, -0.25) is 0 Å². The molecule has 1 atom stereocenters. The van der Waals surface area contributed by atoms with E-state index in [1.165, 1.54) is 0 Å². The van der Waals surface area contributed by atoms with Gasteiger partial charge in [-0.25, -0.2) is 0 Å². The maximum absolute atomic E-state index is 5.69. The first-order chi connectivity index (χ1) is 7.16. The molecule has 2 heterocycles. The van der Waals surface area contributed by atoms with Gasteiger partial charge in [-0.15, -0.1) is 0 Å². The van der Waals surface area contributed by atoms with Crippen LogP contribution < -0.4 is 5.73 Å². The fourth-order valence-electron chi connectivity index (χ4n) is 1.85. The summed E-state index contributed by atoms with van der Waals surface area (Å²) in [6, 6.07) is -0.145. The van der Waals surface area contributed by atoms with Gasteiger partial charge in [-0.05, 0) is 39.9 Å². The van der Waals surface area contributed by atoms with Crippen LogP contribution >= 0.6 is 0 Å². The highest BCUT2D eigenvalue weighted by atomic mass is 16.5. The number of nitrogens with zero attached hydrogens (tertiary/aromatic N) is 3. The summed E-state index contributed by atoms with van der Waals surface area (Å²) in [5, 5.41) is 3.89. The van der Waals surface area contributed by atoms with Gasteiger partial charge in [0.1, 0.15) is 0 Å². The van der Waals surface area contributed by atoms with Crippen molar-refractivity contribution in [1.82, 2.24) is 15.0 Å². The minimum atomic E-state index is -0.145. The summed E-state index contributed by atoms with van der Waals surface area (Å²) < 4.78 is 5.24. The molecule has 84 valence electrons. The first-order valence-electron chi connectivity index (χ1n) is 5.44. The van der Waals surface area contributed by atoms with E-state index in [0.29, 0.717) is 11.7 Å². The van der Waals surface area contributed by atoms with Gasteiger partial charge in [0.15, 0.2) is 5.82 Å². The molecule has 0 saturated carbocycles. The number of aromatic nitrogens is 2. The third-order valence-electron chi connectivity index (χ3n) is 2.93. The van der Waals surface area contributed by atoms with Crippen LogP contribution in [0.5, 0.6) is 0 Å². The monoisotopic (exact) mass is 210 g/mol. The zero-order valence-corrected chi connectivity index (χ0v) is 9.31. The highest BCUT2D eigenvalue weighted by molar-refractivity contribution is 4.98. The molecule has 1 aromatic rings. The second-order valence-electron chi connectivity index (χ2n) is 4.36. The van der Waals surface area contributed by atoms with Crippen LogP contribution in [0, 0.1) is 0 Å². The highest BCUT2D eigenvalue weighted by Gasteiger charge is 2.24. The average molecular weight is 210 g/mol. The predicted octanol–water partition coefficient (Wildman–Crippen LogP) is 0.898. The van der Waals surface area contributed by atoms with Crippen LogP contribution in [0.2, 0.25) is 0 Å². The SMILES string of the molecule is CC(N)c1noc(C2CCN(C)CC2)n1. The molecule has 1 fully saturated rings. The van der Waals surface area contributed by atoms with Crippen LogP contribution in [-0.2, 0) is 0 Å². The van der Waals surface area contributed by atoms with Crippen molar-refractivity contribution in [2.75, 3.05) is 20.1 Å². The summed E-state index contributed by atoms with van der Waals surface area (Å²) in [4.78, 5) is 6.66. The molecule has 15 heavy (non-hydrogen) atoms. The second kappa shape index (κ2) is 4.28. The van der Waals surface area contributed by atoms with Gasteiger partial charge in [0.05, 0.1) is 6.04 Å². The third kappa shape index (κ3) is 2.35. The molecule has 0 bridgehead atoms. The summed E-state index contributed by atoms with van der Waals surface area (Å²) >= 11 is 0. The third-order valence-corrected chi connectivity index (χ3v) is 2.93. The Morgan fingerprint density at radius 1 is 1.47 bits per heavy atom. The molecule has 2 rings (SSSR count). The van der Waals surface area contributed by atoms with Crippen molar-refractivity contribution >= 4 is 0 Å². The summed E-state index contributed by atoms with van der Waals surface area (Å²) in [6.45, 7) is 4.06. The van der Waals surface area contributed by atoms with E-state index in [0.717, 1.165) is 31.8 Å². The molecule has 1 saturated heterocycles. The Hall–Kier alpha value is -0.940. The Morgan fingerprint density at radius 3 is 2.67 bits per heavy atom. The van der Waals surface area contributed by atoms with Crippen LogP contribution in [0.4, 0.5) is 0 Å². The summed E-state index contributed by atoms with van der Waals surface area (Å²) in [5.74, 6) is 1.79. The van der Waals surface area contributed by atoms with Gasteiger partial charge in [0, 0.05) is 5.92 Å². The molecule has 0 amide bonds. The Labute approximate surface area is 89.6 Å². The standard InChI is InChI=1S/C10H18N4O/c1-7(11)9-12-10(15-13-9)8-3-5-14(2)6-4-8/h7-8H,3-6,11H2,1-2H3. The van der Waals surface area contributed by atoms with Crippen molar-refractivity contribution in [3.63, 3.8) is 0 Å². The number of nitrogens with two attached hydrogens (primary N) is 1. The Morgan fingerprint density at radius 2 is 2.13 bits per heavy atom. The molecule has 5 heteroatoms. The van der Waals surface area contributed by atoms with Gasteiger partial charge in [0.25, 0.3) is 0 Å². The number of hydrogen-bond acceptors (Lipinski definition) is 5. The maximum Gasteiger partial charge on any atom is 0.229 e. The van der Waals surface area contributed by atoms with E-state index in [2.05, 4.69) is 22.1 Å². The van der Waals surface area contributed by atoms with Crippen LogP contribution in [0.3, 0.4) is 0 Å². The Kier molecular flexibility index (Phi) is 3.02. The average Bonchev–Trinajstić information content (AvgIpc) is 2.68. The van der Waals surface area contributed by atoms with Gasteiger partial charge in [-0.1, -0.05) is 5.16 Å². The first-order valence-corrected chi connectivity index (χ1v) is 5.44. The van der Waals surface area contributed by atoms with Crippen LogP contribution in [0.1, 0.15) is 43.4 Å². The molecule has 0 radical (unpaired) electrons. The van der Waals surface area contributed by atoms with Crippen molar-refractivity contribution in [2.24, 2.45) is 5.73 Å². The number of rotatable bonds is 2. The van der Waals surface area contributed by atoms with Crippen molar-refractivity contribution in [1.29, 1.82) is 0 Å². The minimum Gasteiger partial charge on any atom is -0.339 e. The maximum atomic E-state index is 5.69. The number of piperidine rings is 1. The highest BCUT2D eigenvalue weighted by Crippen LogP contribution is 2.26. The van der Waals surface area contributed by atoms with Crippen molar-refractivity contribution in [2.45, 2.75) is 31.7 Å². The molecule has 2 N–H and O–H groups in total. The molecular formula is C10H18N4O. The molecular weight excluding hydrogens is 192 g/mol. The van der Waals surface area contributed by atoms with Crippen molar-refractivity contribution < 1.29 is 4.52 Å². The summed E-state index contributed by atoms with van der Waals surface area (Å²) in [6.07, 6.45) is 2.19. The fourth-order valence-corrected chi connectivity index (χ4v) is 1.85. The lowest BCUT2D eigenvalue weighted by Crippen LogP contribution is -2.29. The Bertz CT molecular complexity index is 315. The largest absolute Gasteiger partial charge is 0.339 e. The van der Waals surface area contributed by atoms with Crippen LogP contribution in [-0.4, -0.2) is 35.2 Å². The molecule has 1 unspecified atom stereocenters. The summed E-state index contributed by atoms with van der Waals surface area (Å²) in [5.41, 5.74) is 5.69. The zero-order valence-electron chi connectivity index (χ0n) is 9.31. The number of likely N-dealkylation sites (tertiary alicyclic amines) is 1. The molecule has 1 aliphatic rings. The molecule has 0 aliphatic carbocycles. The van der Waals surface area contributed by atoms with E-state index in [1.54, 1.807) is 0 Å². The topological polar surface area (TPSA) is 68.2 Å². The lowest BCUT2D eigenvalue weighted by atomic mass is 9.97. The van der Waals surface area contributed by atoms with Crippen LogP contribution in [0.15, 0.2) is 4.52 Å².